The van der Waals surface area contributed by atoms with Crippen LogP contribution in [0.4, 0.5) is 4.39 Å². The third-order valence-corrected chi connectivity index (χ3v) is 3.84. The summed E-state index contributed by atoms with van der Waals surface area (Å²) in [5, 5.41) is 8.68. The van der Waals surface area contributed by atoms with Crippen molar-refractivity contribution in [1.82, 2.24) is 4.90 Å². The maximum Gasteiger partial charge on any atom is 0.312 e. The molecule has 23 heavy (non-hydrogen) atoms. The Balaban J connectivity index is 2.07. The van der Waals surface area contributed by atoms with Crippen LogP contribution in [0.1, 0.15) is 39.2 Å². The number of likely N-dealkylation sites (tertiary alicyclic amines) is 1. The van der Waals surface area contributed by atoms with Crippen LogP contribution in [-0.2, 0) is 15.0 Å². The summed E-state index contributed by atoms with van der Waals surface area (Å²) in [6.45, 7) is 6.76. The van der Waals surface area contributed by atoms with Crippen LogP contribution in [0, 0.1) is 5.82 Å². The van der Waals surface area contributed by atoms with Crippen molar-refractivity contribution >= 4 is 11.9 Å². The number of hydrogen-bond acceptors (Lipinski definition) is 3. The smallest absolute Gasteiger partial charge is 0.312 e. The Bertz CT molecular complexity index is 609. The Morgan fingerprint density at radius 2 is 2.09 bits per heavy atom. The number of halogens is 1. The number of carbonyl (C=O) groups is 2. The molecule has 0 radical (unpaired) electrons. The molecule has 1 aliphatic heterocycles. The van der Waals surface area contributed by atoms with Crippen LogP contribution in [0.3, 0.4) is 0 Å². The van der Waals surface area contributed by atoms with Gasteiger partial charge in [0.2, 0.25) is 5.91 Å². The molecule has 1 fully saturated rings. The fourth-order valence-electron chi connectivity index (χ4n) is 2.66. The van der Waals surface area contributed by atoms with Crippen molar-refractivity contribution in [2.75, 3.05) is 13.1 Å². The number of aliphatic carboxylic acids is 1. The van der Waals surface area contributed by atoms with Crippen LogP contribution in [0.2, 0.25) is 0 Å². The summed E-state index contributed by atoms with van der Waals surface area (Å²) in [6.07, 6.45) is -0.0812. The van der Waals surface area contributed by atoms with Gasteiger partial charge < -0.3 is 14.7 Å². The largest absolute Gasteiger partial charge is 0.488 e. The van der Waals surface area contributed by atoms with E-state index in [1.807, 2.05) is 20.8 Å². The summed E-state index contributed by atoms with van der Waals surface area (Å²) in [5.74, 6) is -1.24. The summed E-state index contributed by atoms with van der Waals surface area (Å²) in [4.78, 5) is 23.9. The van der Waals surface area contributed by atoms with E-state index in [1.165, 1.54) is 17.0 Å². The van der Waals surface area contributed by atoms with Crippen molar-refractivity contribution < 1.29 is 23.8 Å². The van der Waals surface area contributed by atoms with Crippen LogP contribution in [0.15, 0.2) is 18.2 Å². The minimum Gasteiger partial charge on any atom is -0.488 e. The average Bonchev–Trinajstić information content (AvgIpc) is 2.87. The lowest BCUT2D eigenvalue weighted by Crippen LogP contribution is -2.32. The SMILES string of the molecule is CC(C)(C)c1cc(F)ccc1OC1CCN(C(=O)CC(=O)O)C1. The van der Waals surface area contributed by atoms with Crippen LogP contribution in [-0.4, -0.2) is 41.1 Å². The molecule has 1 amide bonds. The van der Waals surface area contributed by atoms with E-state index in [1.54, 1.807) is 6.07 Å². The first-order valence-electron chi connectivity index (χ1n) is 7.63. The van der Waals surface area contributed by atoms with Gasteiger partial charge in [-0.05, 0) is 23.6 Å². The topological polar surface area (TPSA) is 66.8 Å². The number of hydrogen-bond donors (Lipinski definition) is 1. The Kier molecular flexibility index (Phi) is 4.92. The zero-order valence-corrected chi connectivity index (χ0v) is 13.6. The molecule has 1 saturated heterocycles. The highest BCUT2D eigenvalue weighted by Gasteiger charge is 2.30. The van der Waals surface area contributed by atoms with Crippen LogP contribution >= 0.6 is 0 Å². The molecule has 1 unspecified atom stereocenters. The Morgan fingerprint density at radius 3 is 2.70 bits per heavy atom. The lowest BCUT2D eigenvalue weighted by Gasteiger charge is -2.25. The van der Waals surface area contributed by atoms with Gasteiger partial charge in [0.1, 0.15) is 24.1 Å². The zero-order valence-electron chi connectivity index (χ0n) is 13.6. The summed E-state index contributed by atoms with van der Waals surface area (Å²) in [7, 11) is 0. The molecule has 0 bridgehead atoms. The third kappa shape index (κ3) is 4.43. The zero-order chi connectivity index (χ0) is 17.2. The number of rotatable bonds is 4. The molecule has 1 atom stereocenters. The molecule has 1 aromatic carbocycles. The second kappa shape index (κ2) is 6.56. The quantitative estimate of drug-likeness (QED) is 0.865. The molecular weight excluding hydrogens is 301 g/mol. The fraction of sp³-hybridized carbons (Fsp3) is 0.529. The Morgan fingerprint density at radius 1 is 1.39 bits per heavy atom. The monoisotopic (exact) mass is 323 g/mol. The van der Waals surface area contributed by atoms with E-state index in [-0.39, 0.29) is 17.3 Å². The first kappa shape index (κ1) is 17.2. The predicted molar refractivity (Wildman–Crippen MR) is 83.0 cm³/mol. The van der Waals surface area contributed by atoms with Crippen LogP contribution in [0.25, 0.3) is 0 Å². The van der Waals surface area contributed by atoms with Gasteiger partial charge in [-0.2, -0.15) is 0 Å². The number of carboxylic acids is 1. The van der Waals surface area contributed by atoms with E-state index in [0.717, 1.165) is 5.56 Å². The van der Waals surface area contributed by atoms with E-state index < -0.39 is 18.3 Å². The fourth-order valence-corrected chi connectivity index (χ4v) is 2.66. The molecule has 0 spiro atoms. The van der Waals surface area contributed by atoms with Crippen molar-refractivity contribution in [3.05, 3.63) is 29.6 Å². The summed E-state index contributed by atoms with van der Waals surface area (Å²) in [6, 6.07) is 4.43. The lowest BCUT2D eigenvalue weighted by atomic mass is 9.86. The summed E-state index contributed by atoms with van der Waals surface area (Å²) in [5.41, 5.74) is 0.502. The van der Waals surface area contributed by atoms with Gasteiger partial charge in [-0.15, -0.1) is 0 Å². The van der Waals surface area contributed by atoms with Crippen molar-refractivity contribution in [2.45, 2.75) is 45.1 Å². The molecule has 1 aromatic rings. The van der Waals surface area contributed by atoms with Gasteiger partial charge >= 0.3 is 5.97 Å². The van der Waals surface area contributed by atoms with E-state index >= 15 is 0 Å². The molecule has 2 rings (SSSR count). The van der Waals surface area contributed by atoms with Gasteiger partial charge in [-0.1, -0.05) is 20.8 Å². The van der Waals surface area contributed by atoms with E-state index in [4.69, 9.17) is 9.84 Å². The second-order valence-electron chi connectivity index (χ2n) is 6.83. The van der Waals surface area contributed by atoms with E-state index in [9.17, 15) is 14.0 Å². The molecule has 1 aliphatic rings. The first-order chi connectivity index (χ1) is 10.7. The number of carbonyl (C=O) groups excluding carboxylic acids is 1. The van der Waals surface area contributed by atoms with Crippen molar-refractivity contribution in [1.29, 1.82) is 0 Å². The van der Waals surface area contributed by atoms with E-state index in [0.29, 0.717) is 25.3 Å². The number of amides is 1. The Labute approximate surface area is 135 Å². The number of benzene rings is 1. The van der Waals surface area contributed by atoms with Crippen molar-refractivity contribution in [3.63, 3.8) is 0 Å². The maximum absolute atomic E-state index is 13.5. The van der Waals surface area contributed by atoms with Crippen molar-refractivity contribution in [2.24, 2.45) is 0 Å². The minimum absolute atomic E-state index is 0.209. The highest BCUT2D eigenvalue weighted by molar-refractivity contribution is 5.93. The molecule has 0 aromatic heterocycles. The molecule has 0 saturated carbocycles. The highest BCUT2D eigenvalue weighted by Crippen LogP contribution is 2.33. The molecule has 6 heteroatoms. The van der Waals surface area contributed by atoms with Crippen LogP contribution < -0.4 is 4.74 Å². The second-order valence-corrected chi connectivity index (χ2v) is 6.83. The average molecular weight is 323 g/mol. The summed E-state index contributed by atoms with van der Waals surface area (Å²) < 4.78 is 19.5. The highest BCUT2D eigenvalue weighted by atomic mass is 19.1. The third-order valence-electron chi connectivity index (χ3n) is 3.84. The standard InChI is InChI=1S/C17H22FNO4/c1-17(2,3)13-8-11(18)4-5-14(13)23-12-6-7-19(10-12)15(20)9-16(21)22/h4-5,8,12H,6-7,9-10H2,1-3H3,(H,21,22). The first-order valence-corrected chi connectivity index (χ1v) is 7.63. The molecule has 1 N–H and O–H groups in total. The van der Waals surface area contributed by atoms with Gasteiger partial charge in [-0.25, -0.2) is 4.39 Å². The van der Waals surface area contributed by atoms with Crippen LogP contribution in [0.5, 0.6) is 5.75 Å². The molecule has 5 nitrogen and oxygen atoms in total. The molecule has 126 valence electrons. The van der Waals surface area contributed by atoms with Gasteiger partial charge in [0.25, 0.3) is 0 Å². The predicted octanol–water partition coefficient (Wildman–Crippen LogP) is 2.58. The Hall–Kier alpha value is -2.11. The number of ether oxygens (including phenoxy) is 1. The van der Waals surface area contributed by atoms with Gasteiger partial charge in [0.15, 0.2) is 0 Å². The minimum atomic E-state index is -1.13. The van der Waals surface area contributed by atoms with Gasteiger partial charge in [0.05, 0.1) is 6.54 Å². The van der Waals surface area contributed by atoms with Gasteiger partial charge in [-0.3, -0.25) is 9.59 Å². The van der Waals surface area contributed by atoms with E-state index in [2.05, 4.69) is 0 Å². The maximum atomic E-state index is 13.5. The molecular formula is C17H22FNO4. The van der Waals surface area contributed by atoms with Gasteiger partial charge in [0, 0.05) is 18.5 Å². The number of nitrogens with zero attached hydrogens (tertiary/aromatic N) is 1. The normalized spacial score (nSPS) is 18.1. The van der Waals surface area contributed by atoms with Crippen molar-refractivity contribution in [3.8, 4) is 5.75 Å². The molecule has 0 aliphatic carbocycles. The molecule has 1 heterocycles. The lowest BCUT2D eigenvalue weighted by molar-refractivity contribution is -0.143. The summed E-state index contributed by atoms with van der Waals surface area (Å²) >= 11 is 0. The number of carboxylic acid groups (broad SMARTS) is 1.